The molecule has 0 heterocycles. The lowest BCUT2D eigenvalue weighted by atomic mass is 10.2. The molecule has 0 bridgehead atoms. The molecule has 0 saturated carbocycles. The second kappa shape index (κ2) is 4.04. The summed E-state index contributed by atoms with van der Waals surface area (Å²) in [7, 11) is 3.20. The van der Waals surface area contributed by atoms with Crippen LogP contribution >= 0.6 is 22.6 Å². The highest BCUT2D eigenvalue weighted by atomic mass is 127. The van der Waals surface area contributed by atoms with Gasteiger partial charge in [0.1, 0.15) is 5.82 Å². The monoisotopic (exact) mass is 293 g/mol. The summed E-state index contributed by atoms with van der Waals surface area (Å²) in [4.78, 5) is 12.8. The maximum Gasteiger partial charge on any atom is 0.256 e. The minimum atomic E-state index is -0.473. The van der Waals surface area contributed by atoms with E-state index >= 15 is 0 Å². The van der Waals surface area contributed by atoms with Gasteiger partial charge in [0.15, 0.2) is 0 Å². The predicted molar refractivity (Wildman–Crippen MR) is 57.1 cm³/mol. The molecule has 0 fully saturated rings. The smallest absolute Gasteiger partial charge is 0.256 e. The number of rotatable bonds is 1. The SMILES string of the molecule is CN(C)C(=O)c1cc(I)ccc1F. The fraction of sp³-hybridized carbons (Fsp3) is 0.222. The zero-order valence-electron chi connectivity index (χ0n) is 7.34. The van der Waals surface area contributed by atoms with Crippen LogP contribution in [0.5, 0.6) is 0 Å². The standard InChI is InChI=1S/C9H9FINO/c1-12(2)9(13)7-5-6(11)3-4-8(7)10/h3-5H,1-2H3. The molecular formula is C9H9FINO. The molecule has 0 aliphatic heterocycles. The molecule has 0 saturated heterocycles. The second-order valence-corrected chi connectivity index (χ2v) is 4.07. The molecule has 0 aromatic heterocycles. The van der Waals surface area contributed by atoms with Crippen molar-refractivity contribution in [1.29, 1.82) is 0 Å². The summed E-state index contributed by atoms with van der Waals surface area (Å²) in [5, 5.41) is 0. The van der Waals surface area contributed by atoms with Crippen LogP contribution in [0.4, 0.5) is 4.39 Å². The number of carbonyl (C=O) groups is 1. The zero-order valence-corrected chi connectivity index (χ0v) is 9.50. The van der Waals surface area contributed by atoms with Gasteiger partial charge in [-0.25, -0.2) is 4.39 Å². The van der Waals surface area contributed by atoms with Crippen LogP contribution in [0, 0.1) is 9.39 Å². The topological polar surface area (TPSA) is 20.3 Å². The lowest BCUT2D eigenvalue weighted by Crippen LogP contribution is -2.22. The molecule has 0 unspecified atom stereocenters. The molecule has 13 heavy (non-hydrogen) atoms. The molecule has 0 N–H and O–H groups in total. The van der Waals surface area contributed by atoms with Crippen LogP contribution in [0.3, 0.4) is 0 Å². The Morgan fingerprint density at radius 3 is 2.62 bits per heavy atom. The van der Waals surface area contributed by atoms with Crippen molar-refractivity contribution in [3.8, 4) is 0 Å². The minimum absolute atomic E-state index is 0.122. The van der Waals surface area contributed by atoms with Crippen LogP contribution in [0.15, 0.2) is 18.2 Å². The molecule has 4 heteroatoms. The Bertz CT molecular complexity index is 338. The van der Waals surface area contributed by atoms with E-state index in [1.165, 1.54) is 17.0 Å². The molecule has 0 atom stereocenters. The number of halogens is 2. The summed E-state index contributed by atoms with van der Waals surface area (Å²) < 4.78 is 14.0. The van der Waals surface area contributed by atoms with E-state index in [-0.39, 0.29) is 11.5 Å². The van der Waals surface area contributed by atoms with Gasteiger partial charge in [0.05, 0.1) is 5.56 Å². The molecular weight excluding hydrogens is 284 g/mol. The van der Waals surface area contributed by atoms with Crippen LogP contribution in [0.25, 0.3) is 0 Å². The molecule has 1 amide bonds. The lowest BCUT2D eigenvalue weighted by molar-refractivity contribution is 0.0823. The highest BCUT2D eigenvalue weighted by Gasteiger charge is 2.13. The first-order chi connectivity index (χ1) is 6.02. The Hall–Kier alpha value is -0.650. The molecule has 70 valence electrons. The second-order valence-electron chi connectivity index (χ2n) is 2.82. The number of hydrogen-bond acceptors (Lipinski definition) is 1. The van der Waals surface area contributed by atoms with Crippen LogP contribution in [-0.2, 0) is 0 Å². The van der Waals surface area contributed by atoms with Crippen molar-refractivity contribution >= 4 is 28.5 Å². The van der Waals surface area contributed by atoms with Gasteiger partial charge in [0.2, 0.25) is 0 Å². The molecule has 0 spiro atoms. The molecule has 0 aliphatic carbocycles. The van der Waals surface area contributed by atoms with E-state index in [4.69, 9.17) is 0 Å². The molecule has 0 radical (unpaired) electrons. The summed E-state index contributed by atoms with van der Waals surface area (Å²) in [5.74, 6) is -0.782. The van der Waals surface area contributed by atoms with Crippen molar-refractivity contribution in [2.75, 3.05) is 14.1 Å². The number of nitrogens with zero attached hydrogens (tertiary/aromatic N) is 1. The van der Waals surface area contributed by atoms with Gasteiger partial charge in [-0.3, -0.25) is 4.79 Å². The van der Waals surface area contributed by atoms with Crippen molar-refractivity contribution in [2.45, 2.75) is 0 Å². The van der Waals surface area contributed by atoms with Gasteiger partial charge in [-0.15, -0.1) is 0 Å². The number of carbonyl (C=O) groups excluding carboxylic acids is 1. The minimum Gasteiger partial charge on any atom is -0.345 e. The van der Waals surface area contributed by atoms with Gasteiger partial charge in [-0.2, -0.15) is 0 Å². The highest BCUT2D eigenvalue weighted by Crippen LogP contribution is 2.13. The van der Waals surface area contributed by atoms with Crippen LogP contribution in [0.1, 0.15) is 10.4 Å². The first-order valence-corrected chi connectivity index (χ1v) is 4.77. The molecule has 1 rings (SSSR count). The first-order valence-electron chi connectivity index (χ1n) is 3.69. The third-order valence-corrected chi connectivity index (χ3v) is 2.24. The summed E-state index contributed by atoms with van der Waals surface area (Å²) in [6.07, 6.45) is 0. The zero-order chi connectivity index (χ0) is 10.0. The van der Waals surface area contributed by atoms with Crippen LogP contribution in [0.2, 0.25) is 0 Å². The third kappa shape index (κ3) is 2.40. The summed E-state index contributed by atoms with van der Waals surface area (Å²) >= 11 is 2.04. The van der Waals surface area contributed by atoms with Gasteiger partial charge < -0.3 is 4.90 Å². The summed E-state index contributed by atoms with van der Waals surface area (Å²) in [5.41, 5.74) is 0.122. The van der Waals surface area contributed by atoms with Gasteiger partial charge in [-0.05, 0) is 40.8 Å². The summed E-state index contributed by atoms with van der Waals surface area (Å²) in [6.45, 7) is 0. The Balaban J connectivity index is 3.13. The van der Waals surface area contributed by atoms with Crippen LogP contribution < -0.4 is 0 Å². The number of benzene rings is 1. The average molecular weight is 293 g/mol. The highest BCUT2D eigenvalue weighted by molar-refractivity contribution is 14.1. The molecule has 0 aliphatic rings. The fourth-order valence-electron chi connectivity index (χ4n) is 0.902. The number of amides is 1. The van der Waals surface area contributed by atoms with Crippen molar-refractivity contribution in [1.82, 2.24) is 4.90 Å². The quantitative estimate of drug-likeness (QED) is 0.726. The Labute approximate surface area is 89.9 Å². The first kappa shape index (κ1) is 10.4. The fourth-order valence-corrected chi connectivity index (χ4v) is 1.39. The maximum atomic E-state index is 13.1. The van der Waals surface area contributed by atoms with Gasteiger partial charge in [-0.1, -0.05) is 0 Å². The van der Waals surface area contributed by atoms with Crippen molar-refractivity contribution in [3.05, 3.63) is 33.1 Å². The van der Waals surface area contributed by atoms with E-state index < -0.39 is 5.82 Å². The average Bonchev–Trinajstić information content (AvgIpc) is 2.08. The van der Waals surface area contributed by atoms with Gasteiger partial charge >= 0.3 is 0 Å². The van der Waals surface area contributed by atoms with Crippen molar-refractivity contribution in [2.24, 2.45) is 0 Å². The summed E-state index contributed by atoms with van der Waals surface area (Å²) in [6, 6.07) is 4.47. The van der Waals surface area contributed by atoms with E-state index in [0.29, 0.717) is 0 Å². The van der Waals surface area contributed by atoms with Crippen LogP contribution in [-0.4, -0.2) is 24.9 Å². The van der Waals surface area contributed by atoms with Gasteiger partial charge in [0, 0.05) is 17.7 Å². The molecule has 1 aromatic carbocycles. The number of hydrogen-bond donors (Lipinski definition) is 0. The third-order valence-electron chi connectivity index (χ3n) is 1.56. The van der Waals surface area contributed by atoms with Gasteiger partial charge in [0.25, 0.3) is 5.91 Å². The van der Waals surface area contributed by atoms with E-state index in [1.54, 1.807) is 20.2 Å². The van der Waals surface area contributed by atoms with Crippen molar-refractivity contribution in [3.63, 3.8) is 0 Å². The Kier molecular flexibility index (Phi) is 3.24. The normalized spacial score (nSPS) is 9.85. The molecule has 1 aromatic rings. The van der Waals surface area contributed by atoms with E-state index in [1.807, 2.05) is 22.6 Å². The predicted octanol–water partition coefficient (Wildman–Crippen LogP) is 2.13. The molecule has 2 nitrogen and oxygen atoms in total. The lowest BCUT2D eigenvalue weighted by Gasteiger charge is -2.10. The Morgan fingerprint density at radius 2 is 2.08 bits per heavy atom. The van der Waals surface area contributed by atoms with E-state index in [2.05, 4.69) is 0 Å². The van der Waals surface area contributed by atoms with E-state index in [9.17, 15) is 9.18 Å². The Morgan fingerprint density at radius 1 is 1.46 bits per heavy atom. The van der Waals surface area contributed by atoms with Crippen molar-refractivity contribution < 1.29 is 9.18 Å². The van der Waals surface area contributed by atoms with E-state index in [0.717, 1.165) is 3.57 Å². The largest absolute Gasteiger partial charge is 0.345 e. The maximum absolute atomic E-state index is 13.1.